The number of nitrogens with zero attached hydrogens (tertiary/aromatic N) is 4. The lowest BCUT2D eigenvalue weighted by molar-refractivity contribution is -0.113. The number of carbonyl (C=O) groups is 1. The third-order valence-electron chi connectivity index (χ3n) is 6.45. The van der Waals surface area contributed by atoms with Gasteiger partial charge in [0.15, 0.2) is 11.0 Å². The molecule has 0 fully saturated rings. The number of hydrogen-bond acceptors (Lipinski definition) is 7. The van der Waals surface area contributed by atoms with Crippen LogP contribution in [0.15, 0.2) is 29.4 Å². The zero-order valence-corrected chi connectivity index (χ0v) is 22.5. The number of nitrogens with one attached hydrogen (secondary N) is 1. The first kappa shape index (κ1) is 25.3. The maximum absolute atomic E-state index is 12.8. The highest BCUT2D eigenvalue weighted by atomic mass is 32.2. The average molecular weight is 510 g/mol. The molecule has 4 rings (SSSR count). The van der Waals surface area contributed by atoms with Gasteiger partial charge in [0.25, 0.3) is 0 Å². The van der Waals surface area contributed by atoms with Gasteiger partial charge in [-0.2, -0.15) is 5.26 Å². The average Bonchev–Trinajstić information content (AvgIpc) is 3.36. The van der Waals surface area contributed by atoms with Crippen molar-refractivity contribution < 1.29 is 9.53 Å². The molecule has 0 saturated carbocycles. The van der Waals surface area contributed by atoms with Gasteiger partial charge in [0.2, 0.25) is 5.91 Å². The van der Waals surface area contributed by atoms with E-state index in [1.54, 1.807) is 11.3 Å². The Morgan fingerprint density at radius 2 is 2.06 bits per heavy atom. The topological polar surface area (TPSA) is 92.8 Å². The van der Waals surface area contributed by atoms with Crippen LogP contribution in [0, 0.1) is 22.7 Å². The Morgan fingerprint density at radius 3 is 2.71 bits per heavy atom. The lowest BCUT2D eigenvalue weighted by Gasteiger charge is -2.33. The molecule has 1 N–H and O–H groups in total. The van der Waals surface area contributed by atoms with Crippen LogP contribution in [-0.2, 0) is 24.7 Å². The second-order valence-corrected chi connectivity index (χ2v) is 11.8. The summed E-state index contributed by atoms with van der Waals surface area (Å²) in [7, 11) is 1.89. The summed E-state index contributed by atoms with van der Waals surface area (Å²) in [6.07, 6.45) is 2.94. The number of nitriles is 1. The number of fused-ring (bicyclic) bond motifs is 1. The fourth-order valence-electron chi connectivity index (χ4n) is 4.38. The molecule has 1 atom stereocenters. The molecule has 0 saturated heterocycles. The Balaban J connectivity index is 1.41. The number of benzene rings is 1. The molecule has 0 spiro atoms. The Kier molecular flexibility index (Phi) is 7.53. The van der Waals surface area contributed by atoms with Crippen molar-refractivity contribution in [2.24, 2.45) is 18.4 Å². The summed E-state index contributed by atoms with van der Waals surface area (Å²) in [5.74, 6) is 2.16. The van der Waals surface area contributed by atoms with E-state index in [1.807, 2.05) is 42.8 Å². The first-order valence-corrected chi connectivity index (χ1v) is 13.6. The van der Waals surface area contributed by atoms with Gasteiger partial charge >= 0.3 is 0 Å². The number of thioether (sulfide) groups is 1. The molecule has 3 aromatic rings. The maximum atomic E-state index is 12.8. The van der Waals surface area contributed by atoms with E-state index in [9.17, 15) is 10.1 Å². The summed E-state index contributed by atoms with van der Waals surface area (Å²) in [6.45, 7) is 9.39. The fourth-order valence-corrected chi connectivity index (χ4v) is 6.39. The molecule has 7 nitrogen and oxygen atoms in total. The van der Waals surface area contributed by atoms with Gasteiger partial charge in [0, 0.05) is 17.5 Å². The highest BCUT2D eigenvalue weighted by molar-refractivity contribution is 7.99. The highest BCUT2D eigenvalue weighted by Crippen LogP contribution is 2.44. The number of ether oxygens (including phenoxy) is 1. The Hall–Kier alpha value is -2.83. The van der Waals surface area contributed by atoms with Gasteiger partial charge in [0.1, 0.15) is 16.8 Å². The van der Waals surface area contributed by atoms with Crippen LogP contribution in [0.2, 0.25) is 0 Å². The molecule has 1 aliphatic rings. The SMILES string of the molecule is CCOc1ccc(-c2nnc(SCC(=O)Nc3sc4c(c3C#N)CCC(C(C)(C)C)C4)n2C)cc1. The first-order chi connectivity index (χ1) is 16.7. The summed E-state index contributed by atoms with van der Waals surface area (Å²) < 4.78 is 7.38. The summed E-state index contributed by atoms with van der Waals surface area (Å²) >= 11 is 2.89. The van der Waals surface area contributed by atoms with E-state index >= 15 is 0 Å². The normalized spacial score (nSPS) is 15.4. The third-order valence-corrected chi connectivity index (χ3v) is 8.64. The number of carbonyl (C=O) groups excluding carboxylic acids is 1. The molecule has 35 heavy (non-hydrogen) atoms. The standard InChI is InChI=1S/C26H31N5O2S2/c1-6-33-18-10-7-16(8-11-18)23-29-30-25(31(23)5)34-15-22(32)28-24-20(14-27)19-12-9-17(26(2,3)4)13-21(19)35-24/h7-8,10-11,17H,6,9,12-13,15H2,1-5H3,(H,28,32). The van der Waals surface area contributed by atoms with Crippen LogP contribution in [0.25, 0.3) is 11.4 Å². The van der Waals surface area contributed by atoms with Gasteiger partial charge in [-0.3, -0.25) is 4.79 Å². The maximum Gasteiger partial charge on any atom is 0.235 e. The Bertz CT molecular complexity index is 1250. The van der Waals surface area contributed by atoms with Gasteiger partial charge < -0.3 is 14.6 Å². The molecule has 0 bridgehead atoms. The quantitative estimate of drug-likeness (QED) is 0.411. The summed E-state index contributed by atoms with van der Waals surface area (Å²) in [5.41, 5.74) is 2.91. The van der Waals surface area contributed by atoms with E-state index in [-0.39, 0.29) is 17.1 Å². The second kappa shape index (κ2) is 10.4. The number of amides is 1. The van der Waals surface area contributed by atoms with Crippen molar-refractivity contribution in [1.29, 1.82) is 5.26 Å². The number of anilines is 1. The van der Waals surface area contributed by atoms with Crippen LogP contribution in [0.5, 0.6) is 5.75 Å². The predicted octanol–water partition coefficient (Wildman–Crippen LogP) is 5.70. The van der Waals surface area contributed by atoms with E-state index in [2.05, 4.69) is 42.4 Å². The second-order valence-electron chi connectivity index (χ2n) is 9.78. The lowest BCUT2D eigenvalue weighted by atomic mass is 9.72. The van der Waals surface area contributed by atoms with E-state index < -0.39 is 0 Å². The molecule has 1 unspecified atom stereocenters. The molecular formula is C26H31N5O2S2. The van der Waals surface area contributed by atoms with Gasteiger partial charge in [-0.05, 0) is 67.3 Å². The molecule has 0 aliphatic heterocycles. The molecular weight excluding hydrogens is 478 g/mol. The van der Waals surface area contributed by atoms with E-state index in [0.717, 1.165) is 42.0 Å². The van der Waals surface area contributed by atoms with E-state index in [4.69, 9.17) is 4.74 Å². The van der Waals surface area contributed by atoms with E-state index in [1.165, 1.54) is 16.6 Å². The number of thiophene rings is 1. The molecule has 2 aromatic heterocycles. The molecule has 1 aromatic carbocycles. The zero-order valence-electron chi connectivity index (χ0n) is 20.8. The lowest BCUT2D eigenvalue weighted by Crippen LogP contribution is -2.26. The van der Waals surface area contributed by atoms with Crippen molar-refractivity contribution in [1.82, 2.24) is 14.8 Å². The molecule has 1 aliphatic carbocycles. The highest BCUT2D eigenvalue weighted by Gasteiger charge is 2.32. The minimum Gasteiger partial charge on any atom is -0.494 e. The summed E-state index contributed by atoms with van der Waals surface area (Å²) in [6, 6.07) is 10.0. The van der Waals surface area contributed by atoms with Crippen molar-refractivity contribution in [2.45, 2.75) is 52.1 Å². The summed E-state index contributed by atoms with van der Waals surface area (Å²) in [5, 5.41) is 22.6. The van der Waals surface area contributed by atoms with Crippen LogP contribution in [0.1, 0.15) is 50.1 Å². The zero-order chi connectivity index (χ0) is 25.2. The van der Waals surface area contributed by atoms with Crippen LogP contribution in [-0.4, -0.2) is 33.0 Å². The Labute approximate surface area is 214 Å². The van der Waals surface area contributed by atoms with Crippen molar-refractivity contribution in [3.05, 3.63) is 40.3 Å². The van der Waals surface area contributed by atoms with E-state index in [0.29, 0.717) is 28.2 Å². The summed E-state index contributed by atoms with van der Waals surface area (Å²) in [4.78, 5) is 14.0. The van der Waals surface area contributed by atoms with Gasteiger partial charge in [0.05, 0.1) is 17.9 Å². The van der Waals surface area contributed by atoms with Gasteiger partial charge in [-0.25, -0.2) is 0 Å². The Morgan fingerprint density at radius 1 is 1.31 bits per heavy atom. The van der Waals surface area contributed by atoms with Gasteiger partial charge in [-0.15, -0.1) is 21.5 Å². The fraction of sp³-hybridized carbons (Fsp3) is 0.462. The molecule has 1 amide bonds. The third kappa shape index (κ3) is 5.54. The predicted molar refractivity (Wildman–Crippen MR) is 141 cm³/mol. The largest absolute Gasteiger partial charge is 0.494 e. The monoisotopic (exact) mass is 509 g/mol. The van der Waals surface area contributed by atoms with Crippen LogP contribution in [0.4, 0.5) is 5.00 Å². The molecule has 9 heteroatoms. The smallest absolute Gasteiger partial charge is 0.235 e. The van der Waals surface area contributed by atoms with Crippen LogP contribution >= 0.6 is 23.1 Å². The van der Waals surface area contributed by atoms with Crippen molar-refractivity contribution >= 4 is 34.0 Å². The molecule has 184 valence electrons. The minimum atomic E-state index is -0.150. The first-order valence-electron chi connectivity index (χ1n) is 11.8. The van der Waals surface area contributed by atoms with Crippen LogP contribution in [0.3, 0.4) is 0 Å². The van der Waals surface area contributed by atoms with Crippen molar-refractivity contribution in [3.8, 4) is 23.2 Å². The van der Waals surface area contributed by atoms with Crippen LogP contribution < -0.4 is 10.1 Å². The van der Waals surface area contributed by atoms with Crippen molar-refractivity contribution in [3.63, 3.8) is 0 Å². The minimum absolute atomic E-state index is 0.150. The molecule has 2 heterocycles. The number of hydrogen-bond donors (Lipinski definition) is 1. The van der Waals surface area contributed by atoms with Gasteiger partial charge in [-0.1, -0.05) is 32.5 Å². The van der Waals surface area contributed by atoms with Crippen molar-refractivity contribution in [2.75, 3.05) is 17.7 Å². The molecule has 0 radical (unpaired) electrons. The number of rotatable bonds is 7. The number of aromatic nitrogens is 3.